The van der Waals surface area contributed by atoms with E-state index in [-0.39, 0.29) is 16.8 Å². The molecule has 41 heavy (non-hydrogen) atoms. The number of H-pyrrole nitrogens is 4. The van der Waals surface area contributed by atoms with E-state index < -0.39 is 0 Å². The number of hydrogen-bond acceptors (Lipinski definition) is 4. The minimum Gasteiger partial charge on any atom is -0.359 e. The van der Waals surface area contributed by atoms with E-state index in [2.05, 4.69) is 68.5 Å². The summed E-state index contributed by atoms with van der Waals surface area (Å²) in [5, 5.41) is 6.79. The molecule has 6 aromatic rings. The van der Waals surface area contributed by atoms with E-state index in [4.69, 9.17) is 19.9 Å². The Morgan fingerprint density at radius 3 is 1.88 bits per heavy atom. The molecule has 0 unspecified atom stereocenters. The normalized spacial score (nSPS) is 12.5. The van der Waals surface area contributed by atoms with Gasteiger partial charge in [0.05, 0.1) is 66.4 Å². The van der Waals surface area contributed by atoms with Crippen LogP contribution in [0.5, 0.6) is 0 Å². The van der Waals surface area contributed by atoms with Crippen LogP contribution in [-0.2, 0) is 16.8 Å². The minimum absolute atomic E-state index is 0. The molecule has 6 aromatic heterocycles. The Morgan fingerprint density at radius 1 is 0.512 bits per heavy atom. The zero-order valence-corrected chi connectivity index (χ0v) is 22.4. The van der Waals surface area contributed by atoms with Crippen molar-refractivity contribution in [3.05, 3.63) is 117 Å². The second-order valence-corrected chi connectivity index (χ2v) is 9.97. The van der Waals surface area contributed by atoms with Gasteiger partial charge in [0.1, 0.15) is 0 Å². The molecule has 0 saturated heterocycles. The summed E-state index contributed by atoms with van der Waals surface area (Å²) in [6.45, 7) is 0. The van der Waals surface area contributed by atoms with Crippen LogP contribution in [0, 0.1) is 0 Å². The number of aromatic nitrogens is 8. The summed E-state index contributed by atoms with van der Waals surface area (Å²) >= 11 is 0. The average Bonchev–Trinajstić information content (AvgIpc) is 3.73. The third-order valence-electron chi connectivity index (χ3n) is 7.64. The van der Waals surface area contributed by atoms with Crippen molar-refractivity contribution in [2.24, 2.45) is 0 Å². The van der Waals surface area contributed by atoms with Crippen molar-refractivity contribution >= 4 is 57.0 Å². The summed E-state index contributed by atoms with van der Waals surface area (Å²) < 4.78 is 0. The fourth-order valence-electron chi connectivity index (χ4n) is 5.87. The predicted octanol–water partition coefficient (Wildman–Crippen LogP) is 2.77. The number of pyridine rings is 4. The molecular formula is C32H20CoN8. The predicted molar refractivity (Wildman–Crippen MR) is 156 cm³/mol. The van der Waals surface area contributed by atoms with Gasteiger partial charge in [-0.15, -0.1) is 0 Å². The van der Waals surface area contributed by atoms with Crippen molar-refractivity contribution in [1.82, 2.24) is 39.9 Å². The number of aromatic amines is 4. The van der Waals surface area contributed by atoms with Crippen LogP contribution >= 0.6 is 0 Å². The Hall–Kier alpha value is -5.25. The topological polar surface area (TPSA) is 115 Å². The largest absolute Gasteiger partial charge is 0.359 e. The molecule has 0 aliphatic carbocycles. The van der Waals surface area contributed by atoms with Gasteiger partial charge in [0.2, 0.25) is 0 Å². The van der Waals surface area contributed by atoms with Gasteiger partial charge in [-0.05, 0) is 72.8 Å². The van der Waals surface area contributed by atoms with Crippen molar-refractivity contribution < 1.29 is 16.8 Å². The van der Waals surface area contributed by atoms with Gasteiger partial charge in [0, 0.05) is 63.3 Å². The Balaban J connectivity index is 0.00000256. The molecule has 3 aliphatic heterocycles. The first-order chi connectivity index (χ1) is 19.8. The Kier molecular flexibility index (Phi) is 5.12. The molecule has 8 bridgehead atoms. The molecule has 0 fully saturated rings. The van der Waals surface area contributed by atoms with Crippen molar-refractivity contribution in [1.29, 1.82) is 0 Å². The van der Waals surface area contributed by atoms with Gasteiger partial charge in [0.25, 0.3) is 0 Å². The molecule has 8 nitrogen and oxygen atoms in total. The Labute approximate surface area is 241 Å². The maximum atomic E-state index is 5.09. The number of fused-ring (bicyclic) bond motifs is 20. The van der Waals surface area contributed by atoms with Gasteiger partial charge < -0.3 is 19.9 Å². The molecule has 4 N–H and O–H groups in total. The van der Waals surface area contributed by atoms with E-state index in [9.17, 15) is 0 Å². The van der Waals surface area contributed by atoms with Crippen LogP contribution in [0.15, 0.2) is 73.3 Å². The Bertz CT molecular complexity index is 2340. The van der Waals surface area contributed by atoms with Crippen molar-refractivity contribution in [3.8, 4) is 11.3 Å². The summed E-state index contributed by atoms with van der Waals surface area (Å²) in [7, 11) is 0. The number of rotatable bonds is 0. The average molecular weight is 576 g/mol. The van der Waals surface area contributed by atoms with E-state index in [0.29, 0.717) is 0 Å². The standard InChI is InChI=1S/C32H20N8.Co/c1-5-17-21-13-26-30-19(7-3-10-34-30)23(38-26)15-28-32-20(8-4-12-36-32)24(40-28)16-27-31-18(6-2-11-35-31)22(39-27)14-25(37-21)29(17)33-9-1;/h1-16,33,38-40H;. The fourth-order valence-corrected chi connectivity index (χ4v) is 5.87. The van der Waals surface area contributed by atoms with Gasteiger partial charge >= 0.3 is 0 Å². The molecule has 197 valence electrons. The van der Waals surface area contributed by atoms with Gasteiger partial charge in [0.15, 0.2) is 0 Å². The maximum Gasteiger partial charge on any atom is 0.0958 e. The zero-order chi connectivity index (χ0) is 26.2. The number of hydrogen-bond donors (Lipinski definition) is 4. The van der Waals surface area contributed by atoms with Crippen LogP contribution in [0.1, 0.15) is 22.8 Å². The third-order valence-corrected chi connectivity index (χ3v) is 7.64. The van der Waals surface area contributed by atoms with Crippen molar-refractivity contribution in [2.45, 2.75) is 0 Å². The van der Waals surface area contributed by atoms with Crippen molar-refractivity contribution in [3.63, 3.8) is 0 Å². The van der Waals surface area contributed by atoms with E-state index in [1.807, 2.05) is 49.1 Å². The first-order valence-electron chi connectivity index (χ1n) is 13.1. The molecule has 0 aromatic carbocycles. The fraction of sp³-hybridized carbons (Fsp3) is 0. The van der Waals surface area contributed by atoms with E-state index in [0.717, 1.165) is 88.1 Å². The van der Waals surface area contributed by atoms with Crippen LogP contribution in [-0.4, -0.2) is 39.9 Å². The van der Waals surface area contributed by atoms with Crippen molar-refractivity contribution in [2.75, 3.05) is 0 Å². The second-order valence-electron chi connectivity index (χ2n) is 9.97. The van der Waals surface area contributed by atoms with Crippen LogP contribution in [0.4, 0.5) is 0 Å². The molecule has 1 radical (unpaired) electrons. The van der Waals surface area contributed by atoms with E-state index >= 15 is 0 Å². The molecule has 9 rings (SSSR count). The van der Waals surface area contributed by atoms with Crippen LogP contribution in [0.2, 0.25) is 0 Å². The monoisotopic (exact) mass is 575 g/mol. The Morgan fingerprint density at radius 2 is 1.12 bits per heavy atom. The summed E-state index contributed by atoms with van der Waals surface area (Å²) in [4.78, 5) is 33.6. The smallest absolute Gasteiger partial charge is 0.0958 e. The number of nitrogens with one attached hydrogen (secondary N) is 4. The maximum absolute atomic E-state index is 5.09. The molecular weight excluding hydrogens is 555 g/mol. The molecule has 0 spiro atoms. The molecule has 9 heteroatoms. The SMILES string of the molecule is C1=c2[nH]c(c3ncccc23)=Cc2[nH]c(c3ncccc23)C=c2[nH]c(c3ncccc23)=Cc2nc1c1[nH]cccc2-1.[Co]. The first-order valence-corrected chi connectivity index (χ1v) is 13.1. The molecule has 0 amide bonds. The first kappa shape index (κ1) is 23.6. The molecule has 0 saturated carbocycles. The summed E-state index contributed by atoms with van der Waals surface area (Å²) in [5.74, 6) is 0. The summed E-state index contributed by atoms with van der Waals surface area (Å²) in [5.41, 5.74) is 8.26. The quantitative estimate of drug-likeness (QED) is 0.223. The minimum atomic E-state index is 0. The molecule has 0 atom stereocenters. The summed E-state index contributed by atoms with van der Waals surface area (Å²) in [6, 6.07) is 16.2. The zero-order valence-electron chi connectivity index (χ0n) is 21.4. The van der Waals surface area contributed by atoms with E-state index in [1.165, 1.54) is 0 Å². The van der Waals surface area contributed by atoms with Gasteiger partial charge in [-0.2, -0.15) is 0 Å². The van der Waals surface area contributed by atoms with Crippen LogP contribution < -0.4 is 21.4 Å². The second kappa shape index (κ2) is 8.88. The van der Waals surface area contributed by atoms with Crippen LogP contribution in [0.25, 0.3) is 68.3 Å². The van der Waals surface area contributed by atoms with Gasteiger partial charge in [-0.25, -0.2) is 4.98 Å². The van der Waals surface area contributed by atoms with E-state index in [1.54, 1.807) is 0 Å². The molecule has 9 heterocycles. The summed E-state index contributed by atoms with van der Waals surface area (Å²) in [6.07, 6.45) is 15.8. The van der Waals surface area contributed by atoms with Gasteiger partial charge in [-0.1, -0.05) is 0 Å². The molecule has 3 aliphatic rings. The van der Waals surface area contributed by atoms with Gasteiger partial charge in [-0.3, -0.25) is 15.0 Å². The van der Waals surface area contributed by atoms with Crippen LogP contribution in [0.3, 0.4) is 0 Å². The third kappa shape index (κ3) is 3.53. The number of nitrogens with zero attached hydrogens (tertiary/aromatic N) is 4.